The Hall–Kier alpha value is -1.03. The van der Waals surface area contributed by atoms with Crippen molar-refractivity contribution < 1.29 is 4.74 Å². The zero-order valence-corrected chi connectivity index (χ0v) is 12.9. The molecule has 0 aliphatic heterocycles. The van der Waals surface area contributed by atoms with E-state index in [2.05, 4.69) is 15.9 Å². The van der Waals surface area contributed by atoms with E-state index in [1.165, 1.54) is 0 Å². The molecule has 0 aromatic heterocycles. The summed E-state index contributed by atoms with van der Waals surface area (Å²) in [7, 11) is 0. The Labute approximate surface area is 126 Å². The summed E-state index contributed by atoms with van der Waals surface area (Å²) in [4.78, 5) is 0. The highest BCUT2D eigenvalue weighted by atomic mass is 79.9. The van der Waals surface area contributed by atoms with Crippen molar-refractivity contribution in [3.8, 4) is 5.75 Å². The molecule has 2 aromatic carbocycles. The smallest absolute Gasteiger partial charge is 0.119 e. The number of hydrogen-bond acceptors (Lipinski definition) is 2. The largest absolute Gasteiger partial charge is 0.489 e. The fourth-order valence-corrected chi connectivity index (χ4v) is 2.40. The zero-order chi connectivity index (χ0) is 13.8. The van der Waals surface area contributed by atoms with Crippen molar-refractivity contribution in [2.75, 3.05) is 0 Å². The van der Waals surface area contributed by atoms with E-state index in [0.717, 1.165) is 21.3 Å². The molecular formula is C15H15BrClNO. The van der Waals surface area contributed by atoms with Crippen molar-refractivity contribution in [2.45, 2.75) is 19.6 Å². The van der Waals surface area contributed by atoms with Crippen molar-refractivity contribution in [2.24, 2.45) is 5.73 Å². The van der Waals surface area contributed by atoms with E-state index < -0.39 is 0 Å². The van der Waals surface area contributed by atoms with Gasteiger partial charge in [-0.1, -0.05) is 45.7 Å². The molecule has 0 amide bonds. The van der Waals surface area contributed by atoms with Crippen LogP contribution in [0.5, 0.6) is 5.75 Å². The van der Waals surface area contributed by atoms with E-state index >= 15 is 0 Å². The first-order chi connectivity index (χ1) is 9.06. The number of rotatable bonds is 4. The van der Waals surface area contributed by atoms with E-state index in [4.69, 9.17) is 22.1 Å². The van der Waals surface area contributed by atoms with Gasteiger partial charge in [-0.3, -0.25) is 0 Å². The molecular weight excluding hydrogens is 326 g/mol. The van der Waals surface area contributed by atoms with Gasteiger partial charge >= 0.3 is 0 Å². The molecule has 0 fully saturated rings. The highest BCUT2D eigenvalue weighted by molar-refractivity contribution is 9.10. The van der Waals surface area contributed by atoms with Gasteiger partial charge in [-0.05, 0) is 36.8 Å². The molecule has 0 saturated carbocycles. The molecule has 0 radical (unpaired) electrons. The Morgan fingerprint density at radius 3 is 2.47 bits per heavy atom. The Bertz CT molecular complexity index is 555. The molecule has 0 aliphatic rings. The van der Waals surface area contributed by atoms with Gasteiger partial charge < -0.3 is 10.5 Å². The fourth-order valence-electron chi connectivity index (χ4n) is 1.67. The summed E-state index contributed by atoms with van der Waals surface area (Å²) >= 11 is 9.51. The first-order valence-electron chi connectivity index (χ1n) is 5.98. The molecule has 0 spiro atoms. The summed E-state index contributed by atoms with van der Waals surface area (Å²) in [6.45, 7) is 2.40. The average Bonchev–Trinajstić information content (AvgIpc) is 2.38. The van der Waals surface area contributed by atoms with Crippen LogP contribution in [-0.2, 0) is 6.61 Å². The lowest BCUT2D eigenvalue weighted by molar-refractivity contribution is 0.306. The van der Waals surface area contributed by atoms with Gasteiger partial charge in [0.25, 0.3) is 0 Å². The van der Waals surface area contributed by atoms with E-state index in [-0.39, 0.29) is 6.04 Å². The van der Waals surface area contributed by atoms with Crippen molar-refractivity contribution in [3.05, 3.63) is 63.1 Å². The van der Waals surface area contributed by atoms with Gasteiger partial charge in [-0.2, -0.15) is 0 Å². The molecule has 0 heterocycles. The summed E-state index contributed by atoms with van der Waals surface area (Å²) in [5.41, 5.74) is 7.85. The van der Waals surface area contributed by atoms with Crippen LogP contribution in [0.1, 0.15) is 24.1 Å². The quantitative estimate of drug-likeness (QED) is 0.875. The van der Waals surface area contributed by atoms with Crippen LogP contribution in [0.15, 0.2) is 46.9 Å². The SMILES string of the molecule is C[C@H](N)c1ccc(OCc2ccc(Br)cc2Cl)cc1. The highest BCUT2D eigenvalue weighted by Gasteiger charge is 2.03. The lowest BCUT2D eigenvalue weighted by Crippen LogP contribution is -2.04. The third-order valence-corrected chi connectivity index (χ3v) is 3.66. The molecule has 0 bridgehead atoms. The Balaban J connectivity index is 2.02. The van der Waals surface area contributed by atoms with Crippen LogP contribution in [0.3, 0.4) is 0 Å². The van der Waals surface area contributed by atoms with Crippen LogP contribution in [0.4, 0.5) is 0 Å². The van der Waals surface area contributed by atoms with Crippen LogP contribution >= 0.6 is 27.5 Å². The lowest BCUT2D eigenvalue weighted by atomic mass is 10.1. The number of nitrogens with two attached hydrogens (primary N) is 1. The van der Waals surface area contributed by atoms with Gasteiger partial charge in [0.15, 0.2) is 0 Å². The lowest BCUT2D eigenvalue weighted by Gasteiger charge is -2.10. The van der Waals surface area contributed by atoms with Gasteiger partial charge in [0.05, 0.1) is 0 Å². The minimum atomic E-state index is 0.0370. The summed E-state index contributed by atoms with van der Waals surface area (Å²) < 4.78 is 6.67. The Morgan fingerprint density at radius 2 is 1.89 bits per heavy atom. The third kappa shape index (κ3) is 3.96. The maximum absolute atomic E-state index is 6.14. The molecule has 2 aromatic rings. The second-order valence-electron chi connectivity index (χ2n) is 4.38. The monoisotopic (exact) mass is 339 g/mol. The van der Waals surface area contributed by atoms with Crippen molar-refractivity contribution in [1.82, 2.24) is 0 Å². The van der Waals surface area contributed by atoms with E-state index in [1.807, 2.05) is 49.4 Å². The molecule has 0 aliphatic carbocycles. The van der Waals surface area contributed by atoms with Gasteiger partial charge in [-0.15, -0.1) is 0 Å². The van der Waals surface area contributed by atoms with E-state index in [0.29, 0.717) is 11.6 Å². The number of halogens is 2. The molecule has 0 unspecified atom stereocenters. The molecule has 19 heavy (non-hydrogen) atoms. The van der Waals surface area contributed by atoms with E-state index in [9.17, 15) is 0 Å². The first-order valence-corrected chi connectivity index (χ1v) is 7.15. The van der Waals surface area contributed by atoms with Crippen LogP contribution in [-0.4, -0.2) is 0 Å². The summed E-state index contributed by atoms with van der Waals surface area (Å²) in [6, 6.07) is 13.6. The zero-order valence-electron chi connectivity index (χ0n) is 10.6. The number of benzene rings is 2. The molecule has 4 heteroatoms. The normalized spacial score (nSPS) is 12.2. The maximum atomic E-state index is 6.14. The standard InChI is InChI=1S/C15H15BrClNO/c1-10(18)11-3-6-14(7-4-11)19-9-12-2-5-13(16)8-15(12)17/h2-8,10H,9,18H2,1H3/t10-/m0/s1. The Morgan fingerprint density at radius 1 is 1.21 bits per heavy atom. The van der Waals surface area contributed by atoms with Crippen LogP contribution in [0.2, 0.25) is 5.02 Å². The van der Waals surface area contributed by atoms with Crippen LogP contribution in [0.25, 0.3) is 0 Å². The predicted octanol–water partition coefficient (Wildman–Crippen LogP) is 4.70. The fraction of sp³-hybridized carbons (Fsp3) is 0.200. The molecule has 100 valence electrons. The van der Waals surface area contributed by atoms with Crippen molar-refractivity contribution in [1.29, 1.82) is 0 Å². The second kappa shape index (κ2) is 6.42. The highest BCUT2D eigenvalue weighted by Crippen LogP contribution is 2.23. The topological polar surface area (TPSA) is 35.2 Å². The molecule has 2 rings (SSSR count). The van der Waals surface area contributed by atoms with Crippen LogP contribution in [0, 0.1) is 0 Å². The first kappa shape index (κ1) is 14.4. The van der Waals surface area contributed by atoms with Gasteiger partial charge in [-0.25, -0.2) is 0 Å². The molecule has 2 nitrogen and oxygen atoms in total. The van der Waals surface area contributed by atoms with E-state index in [1.54, 1.807) is 0 Å². The Kier molecular flexibility index (Phi) is 4.86. The second-order valence-corrected chi connectivity index (χ2v) is 5.70. The van der Waals surface area contributed by atoms with Crippen molar-refractivity contribution >= 4 is 27.5 Å². The summed E-state index contributed by atoms with van der Waals surface area (Å²) in [6.07, 6.45) is 0. The van der Waals surface area contributed by atoms with Gasteiger partial charge in [0.1, 0.15) is 12.4 Å². The van der Waals surface area contributed by atoms with Crippen molar-refractivity contribution in [3.63, 3.8) is 0 Å². The van der Waals surface area contributed by atoms with Gasteiger partial charge in [0.2, 0.25) is 0 Å². The molecule has 0 saturated heterocycles. The minimum Gasteiger partial charge on any atom is -0.489 e. The molecule has 2 N–H and O–H groups in total. The molecule has 1 atom stereocenters. The van der Waals surface area contributed by atoms with Crippen LogP contribution < -0.4 is 10.5 Å². The number of ether oxygens (including phenoxy) is 1. The average molecular weight is 341 g/mol. The predicted molar refractivity (Wildman–Crippen MR) is 82.5 cm³/mol. The minimum absolute atomic E-state index is 0.0370. The summed E-state index contributed by atoms with van der Waals surface area (Å²) in [5, 5.41) is 0.696. The maximum Gasteiger partial charge on any atom is 0.119 e. The third-order valence-electron chi connectivity index (χ3n) is 2.82. The summed E-state index contributed by atoms with van der Waals surface area (Å²) in [5.74, 6) is 0.809. The van der Waals surface area contributed by atoms with Gasteiger partial charge in [0, 0.05) is 21.1 Å². The number of hydrogen-bond donors (Lipinski definition) is 1.